The first-order valence-corrected chi connectivity index (χ1v) is 7.84. The Bertz CT molecular complexity index is 521. The quantitative estimate of drug-likeness (QED) is 0.849. The van der Waals surface area contributed by atoms with Crippen LogP contribution in [-0.2, 0) is 9.53 Å². The lowest BCUT2D eigenvalue weighted by Crippen LogP contribution is -2.41. The van der Waals surface area contributed by atoms with Crippen LogP contribution in [0.5, 0.6) is 0 Å². The number of hydrogen-bond donors (Lipinski definition) is 1. The molecule has 122 valence electrons. The monoisotopic (exact) mass is 309 g/mol. The van der Waals surface area contributed by atoms with Gasteiger partial charge in [0, 0.05) is 13.1 Å². The van der Waals surface area contributed by atoms with E-state index >= 15 is 0 Å². The first-order valence-electron chi connectivity index (χ1n) is 7.84. The van der Waals surface area contributed by atoms with Crippen molar-refractivity contribution in [3.05, 3.63) is 35.1 Å². The maximum Gasteiger partial charge on any atom is 0.310 e. The molecule has 1 aromatic rings. The predicted molar refractivity (Wildman–Crippen MR) is 81.9 cm³/mol. The lowest BCUT2D eigenvalue weighted by molar-refractivity contribution is -0.150. The molecule has 22 heavy (non-hydrogen) atoms. The number of likely N-dealkylation sites (tertiary alicyclic amines) is 1. The Labute approximate surface area is 130 Å². The number of aliphatic hydroxyl groups excluding tert-OH is 1. The number of halogens is 1. The van der Waals surface area contributed by atoms with Gasteiger partial charge in [0.1, 0.15) is 5.82 Å². The van der Waals surface area contributed by atoms with E-state index in [1.807, 2.05) is 0 Å². The van der Waals surface area contributed by atoms with Gasteiger partial charge in [-0.25, -0.2) is 4.39 Å². The van der Waals surface area contributed by atoms with Crippen LogP contribution in [0.3, 0.4) is 0 Å². The fourth-order valence-electron chi connectivity index (χ4n) is 3.03. The standard InChI is InChI=1S/C17H24FNO3/c1-3-22-17(21)13-5-4-8-19(10-13)11-16(20)15-7-6-14(18)9-12(15)2/h6-7,9,13,16,20H,3-5,8,10-11H2,1-2H3. The Kier molecular flexibility index (Phi) is 5.91. The minimum absolute atomic E-state index is 0.116. The molecule has 5 heteroatoms. The van der Waals surface area contributed by atoms with E-state index in [9.17, 15) is 14.3 Å². The number of rotatable bonds is 5. The van der Waals surface area contributed by atoms with E-state index in [0.29, 0.717) is 19.7 Å². The van der Waals surface area contributed by atoms with E-state index < -0.39 is 6.10 Å². The van der Waals surface area contributed by atoms with E-state index in [1.165, 1.54) is 12.1 Å². The molecular weight excluding hydrogens is 285 g/mol. The van der Waals surface area contributed by atoms with Crippen molar-refractivity contribution in [3.8, 4) is 0 Å². The third kappa shape index (κ3) is 4.27. The summed E-state index contributed by atoms with van der Waals surface area (Å²) in [5.41, 5.74) is 1.48. The molecule has 1 N–H and O–H groups in total. The highest BCUT2D eigenvalue weighted by atomic mass is 19.1. The molecule has 1 aromatic carbocycles. The maximum absolute atomic E-state index is 13.1. The van der Waals surface area contributed by atoms with E-state index in [-0.39, 0.29) is 17.7 Å². The summed E-state index contributed by atoms with van der Waals surface area (Å²) in [7, 11) is 0. The molecule has 1 aliphatic heterocycles. The molecule has 1 saturated heterocycles. The van der Waals surface area contributed by atoms with Crippen LogP contribution < -0.4 is 0 Å². The van der Waals surface area contributed by atoms with E-state index in [4.69, 9.17) is 4.74 Å². The van der Waals surface area contributed by atoms with Crippen LogP contribution in [0.1, 0.15) is 37.0 Å². The number of carbonyl (C=O) groups excluding carboxylic acids is 1. The van der Waals surface area contributed by atoms with Gasteiger partial charge in [-0.15, -0.1) is 0 Å². The van der Waals surface area contributed by atoms with E-state index in [0.717, 1.165) is 30.5 Å². The molecule has 0 saturated carbocycles. The molecule has 0 bridgehead atoms. The van der Waals surface area contributed by atoms with Crippen LogP contribution in [0, 0.1) is 18.7 Å². The molecule has 2 unspecified atom stereocenters. The Morgan fingerprint density at radius 1 is 1.55 bits per heavy atom. The summed E-state index contributed by atoms with van der Waals surface area (Å²) in [4.78, 5) is 13.9. The molecule has 0 aromatic heterocycles. The topological polar surface area (TPSA) is 49.8 Å². The summed E-state index contributed by atoms with van der Waals surface area (Å²) in [6.45, 7) is 5.90. The van der Waals surface area contributed by atoms with Crippen LogP contribution in [-0.4, -0.2) is 42.2 Å². The highest BCUT2D eigenvalue weighted by molar-refractivity contribution is 5.72. The molecule has 1 fully saturated rings. The first-order chi connectivity index (χ1) is 10.5. The normalized spacial score (nSPS) is 20.6. The zero-order valence-corrected chi connectivity index (χ0v) is 13.2. The van der Waals surface area contributed by atoms with Gasteiger partial charge in [-0.3, -0.25) is 9.69 Å². The van der Waals surface area contributed by atoms with Gasteiger partial charge in [0.2, 0.25) is 0 Å². The van der Waals surface area contributed by atoms with Crippen LogP contribution in [0.2, 0.25) is 0 Å². The third-order valence-electron chi connectivity index (χ3n) is 4.15. The van der Waals surface area contributed by atoms with Crippen molar-refractivity contribution < 1.29 is 19.0 Å². The Balaban J connectivity index is 1.96. The highest BCUT2D eigenvalue weighted by Crippen LogP contribution is 2.23. The number of aryl methyl sites for hydroxylation is 1. The zero-order chi connectivity index (χ0) is 16.1. The molecule has 0 spiro atoms. The Morgan fingerprint density at radius 3 is 3.00 bits per heavy atom. The van der Waals surface area contributed by atoms with Gasteiger partial charge in [-0.05, 0) is 56.5 Å². The van der Waals surface area contributed by atoms with Gasteiger partial charge in [-0.2, -0.15) is 0 Å². The average Bonchev–Trinajstić information content (AvgIpc) is 2.47. The van der Waals surface area contributed by atoms with Crippen molar-refractivity contribution in [2.45, 2.75) is 32.8 Å². The van der Waals surface area contributed by atoms with Gasteiger partial charge < -0.3 is 9.84 Å². The van der Waals surface area contributed by atoms with Crippen molar-refractivity contribution in [2.75, 3.05) is 26.2 Å². The van der Waals surface area contributed by atoms with Crippen LogP contribution in [0.15, 0.2) is 18.2 Å². The van der Waals surface area contributed by atoms with Gasteiger partial charge in [0.15, 0.2) is 0 Å². The zero-order valence-electron chi connectivity index (χ0n) is 13.2. The molecule has 1 heterocycles. The minimum Gasteiger partial charge on any atom is -0.466 e. The Morgan fingerprint density at radius 2 is 2.32 bits per heavy atom. The summed E-state index contributed by atoms with van der Waals surface area (Å²) < 4.78 is 18.2. The number of nitrogens with zero attached hydrogens (tertiary/aromatic N) is 1. The second-order valence-corrected chi connectivity index (χ2v) is 5.87. The summed E-state index contributed by atoms with van der Waals surface area (Å²) in [6.07, 6.45) is 1.07. The van der Waals surface area contributed by atoms with Gasteiger partial charge >= 0.3 is 5.97 Å². The molecular formula is C17H24FNO3. The summed E-state index contributed by atoms with van der Waals surface area (Å²) in [5.74, 6) is -0.566. The van der Waals surface area contributed by atoms with Crippen LogP contribution in [0.25, 0.3) is 0 Å². The molecule has 2 rings (SSSR count). The molecule has 0 radical (unpaired) electrons. The lowest BCUT2D eigenvalue weighted by atomic mass is 9.96. The first kappa shape index (κ1) is 16.9. The van der Waals surface area contributed by atoms with Crippen molar-refractivity contribution in [1.29, 1.82) is 0 Å². The second kappa shape index (κ2) is 7.70. The number of piperidine rings is 1. The lowest BCUT2D eigenvalue weighted by Gasteiger charge is -2.33. The summed E-state index contributed by atoms with van der Waals surface area (Å²) in [5, 5.41) is 10.4. The molecule has 0 aliphatic carbocycles. The number of aliphatic hydroxyl groups is 1. The van der Waals surface area contributed by atoms with Crippen molar-refractivity contribution in [2.24, 2.45) is 5.92 Å². The predicted octanol–water partition coefficient (Wildman–Crippen LogP) is 2.44. The SMILES string of the molecule is CCOC(=O)C1CCCN(CC(O)c2ccc(F)cc2C)C1. The average molecular weight is 309 g/mol. The highest BCUT2D eigenvalue weighted by Gasteiger charge is 2.28. The molecule has 0 amide bonds. The van der Waals surface area contributed by atoms with Gasteiger partial charge in [0.25, 0.3) is 0 Å². The van der Waals surface area contributed by atoms with E-state index in [1.54, 1.807) is 19.9 Å². The number of β-amino-alcohol motifs (C(OH)–C–C–N with tert-alkyl or cyclic N) is 1. The number of carbonyl (C=O) groups is 1. The second-order valence-electron chi connectivity index (χ2n) is 5.87. The molecule has 4 nitrogen and oxygen atoms in total. The fourth-order valence-corrected chi connectivity index (χ4v) is 3.03. The third-order valence-corrected chi connectivity index (χ3v) is 4.15. The number of ether oxygens (including phenoxy) is 1. The van der Waals surface area contributed by atoms with Crippen LogP contribution >= 0.6 is 0 Å². The van der Waals surface area contributed by atoms with E-state index in [2.05, 4.69) is 4.90 Å². The summed E-state index contributed by atoms with van der Waals surface area (Å²) >= 11 is 0. The van der Waals surface area contributed by atoms with Crippen molar-refractivity contribution in [1.82, 2.24) is 4.90 Å². The smallest absolute Gasteiger partial charge is 0.310 e. The number of benzene rings is 1. The van der Waals surface area contributed by atoms with Gasteiger partial charge in [-0.1, -0.05) is 6.07 Å². The molecule has 1 aliphatic rings. The molecule has 2 atom stereocenters. The largest absolute Gasteiger partial charge is 0.466 e. The minimum atomic E-state index is -0.679. The number of esters is 1. The summed E-state index contributed by atoms with van der Waals surface area (Å²) in [6, 6.07) is 4.42. The fraction of sp³-hybridized carbons (Fsp3) is 0.588. The maximum atomic E-state index is 13.1. The van der Waals surface area contributed by atoms with Crippen molar-refractivity contribution in [3.63, 3.8) is 0 Å². The van der Waals surface area contributed by atoms with Crippen LogP contribution in [0.4, 0.5) is 4.39 Å². The van der Waals surface area contributed by atoms with Gasteiger partial charge in [0.05, 0.1) is 18.6 Å². The Hall–Kier alpha value is -1.46. The van der Waals surface area contributed by atoms with Crippen molar-refractivity contribution >= 4 is 5.97 Å². The number of hydrogen-bond acceptors (Lipinski definition) is 4.